The molecule has 0 bridgehead atoms. The third-order valence-corrected chi connectivity index (χ3v) is 7.23. The minimum Gasteiger partial charge on any atom is -0.382 e. The van der Waals surface area contributed by atoms with Crippen LogP contribution in [-0.2, 0) is 16.6 Å². The summed E-state index contributed by atoms with van der Waals surface area (Å²) in [5, 5.41) is 15.3. The average molecular weight is 396 g/mol. The lowest BCUT2D eigenvalue weighted by Gasteiger charge is -2.50. The zero-order chi connectivity index (χ0) is 20.2. The molecule has 3 aliphatic rings. The van der Waals surface area contributed by atoms with Gasteiger partial charge in [0.25, 0.3) is 0 Å². The average Bonchev–Trinajstić information content (AvgIpc) is 2.98. The number of amides is 2. The van der Waals surface area contributed by atoms with Crippen molar-refractivity contribution in [2.24, 2.45) is 18.4 Å². The van der Waals surface area contributed by atoms with Crippen molar-refractivity contribution in [1.82, 2.24) is 20.4 Å². The number of aromatic nitrogens is 2. The summed E-state index contributed by atoms with van der Waals surface area (Å²) >= 11 is 0. The number of piperidine rings is 1. The summed E-state index contributed by atoms with van der Waals surface area (Å²) in [7, 11) is 1.91. The lowest BCUT2D eigenvalue weighted by Crippen LogP contribution is -2.57. The van der Waals surface area contributed by atoms with Gasteiger partial charge in [-0.25, -0.2) is 0 Å². The molecule has 3 fully saturated rings. The lowest BCUT2D eigenvalue weighted by atomic mass is 9.65. The smallest absolute Gasteiger partial charge is 0.235 e. The van der Waals surface area contributed by atoms with Gasteiger partial charge in [0.2, 0.25) is 11.8 Å². The van der Waals surface area contributed by atoms with Crippen molar-refractivity contribution < 1.29 is 9.59 Å². The monoisotopic (exact) mass is 395 g/mol. The van der Waals surface area contributed by atoms with Crippen LogP contribution in [0, 0.1) is 11.3 Å². The molecule has 2 amide bonds. The summed E-state index contributed by atoms with van der Waals surface area (Å²) < 4.78 is 1.85. The van der Waals surface area contributed by atoms with Crippen molar-refractivity contribution in [2.75, 3.05) is 18.4 Å². The first-order valence-electron chi connectivity index (χ1n) is 10.7. The molecule has 3 N–H and O–H groups in total. The topological polar surface area (TPSA) is 88.1 Å². The van der Waals surface area contributed by atoms with Crippen molar-refractivity contribution >= 4 is 28.4 Å². The van der Waals surface area contributed by atoms with Gasteiger partial charge < -0.3 is 10.6 Å². The second-order valence-corrected chi connectivity index (χ2v) is 9.32. The van der Waals surface area contributed by atoms with Crippen LogP contribution >= 0.6 is 0 Å². The van der Waals surface area contributed by atoms with Gasteiger partial charge >= 0.3 is 0 Å². The van der Waals surface area contributed by atoms with Crippen LogP contribution < -0.4 is 16.0 Å². The van der Waals surface area contributed by atoms with Crippen molar-refractivity contribution in [3.8, 4) is 0 Å². The van der Waals surface area contributed by atoms with E-state index in [-0.39, 0.29) is 17.7 Å². The highest BCUT2D eigenvalue weighted by Crippen LogP contribution is 2.43. The molecule has 1 aromatic heterocycles. The highest BCUT2D eigenvalue weighted by atomic mass is 16.2. The second-order valence-electron chi connectivity index (χ2n) is 9.32. The van der Waals surface area contributed by atoms with Crippen LogP contribution in [0.1, 0.15) is 50.6 Å². The van der Waals surface area contributed by atoms with Crippen molar-refractivity contribution in [2.45, 2.75) is 51.0 Å². The van der Waals surface area contributed by atoms with Gasteiger partial charge in [0.15, 0.2) is 0 Å². The van der Waals surface area contributed by atoms with Crippen LogP contribution in [0.5, 0.6) is 0 Å². The van der Waals surface area contributed by atoms with E-state index in [0.29, 0.717) is 30.2 Å². The molecular weight excluding hydrogens is 366 g/mol. The quantitative estimate of drug-likeness (QED) is 0.694. The first-order chi connectivity index (χ1) is 13.9. The van der Waals surface area contributed by atoms with Gasteiger partial charge in [-0.2, -0.15) is 5.10 Å². The number of fused-ring (bicyclic) bond motifs is 1. The SMILES string of the molecule is C[C@H]1CC2(CC[C@@H]1Nc1ccc3c(C4CCC(=O)NC4=O)nn(C)c3c1)CNC2. The van der Waals surface area contributed by atoms with E-state index in [1.807, 2.05) is 11.7 Å². The molecule has 0 radical (unpaired) electrons. The number of nitrogens with zero attached hydrogens (tertiary/aromatic N) is 2. The summed E-state index contributed by atoms with van der Waals surface area (Å²) in [4.78, 5) is 23.8. The Balaban J connectivity index is 1.36. The number of aryl methyl sites for hydroxylation is 1. The van der Waals surface area contributed by atoms with E-state index in [1.165, 1.54) is 32.4 Å². The molecule has 2 saturated heterocycles. The Morgan fingerprint density at radius 3 is 2.76 bits per heavy atom. The zero-order valence-electron chi connectivity index (χ0n) is 17.1. The van der Waals surface area contributed by atoms with Crippen LogP contribution in [-0.4, -0.2) is 40.7 Å². The number of anilines is 1. The molecule has 7 nitrogen and oxygen atoms in total. The predicted octanol–water partition coefficient (Wildman–Crippen LogP) is 2.28. The van der Waals surface area contributed by atoms with E-state index in [2.05, 4.69) is 46.2 Å². The van der Waals surface area contributed by atoms with E-state index >= 15 is 0 Å². The maximum absolute atomic E-state index is 12.3. The van der Waals surface area contributed by atoms with Gasteiger partial charge in [-0.1, -0.05) is 6.92 Å². The number of imide groups is 1. The Hall–Kier alpha value is -2.41. The van der Waals surface area contributed by atoms with E-state index in [0.717, 1.165) is 22.3 Å². The molecule has 1 aliphatic carbocycles. The van der Waals surface area contributed by atoms with Crippen LogP contribution in [0.3, 0.4) is 0 Å². The number of hydrogen-bond donors (Lipinski definition) is 3. The molecule has 1 spiro atoms. The van der Waals surface area contributed by atoms with Crippen LogP contribution in [0.2, 0.25) is 0 Å². The molecule has 1 saturated carbocycles. The Bertz CT molecular complexity index is 977. The van der Waals surface area contributed by atoms with Gasteiger partial charge in [0.05, 0.1) is 17.1 Å². The summed E-state index contributed by atoms with van der Waals surface area (Å²) in [5.41, 5.74) is 3.43. The fourth-order valence-corrected chi connectivity index (χ4v) is 5.49. The molecule has 7 heteroatoms. The van der Waals surface area contributed by atoms with Gasteiger partial charge in [0, 0.05) is 43.7 Å². The molecular formula is C22H29N5O2. The van der Waals surface area contributed by atoms with Crippen molar-refractivity contribution in [3.63, 3.8) is 0 Å². The summed E-state index contributed by atoms with van der Waals surface area (Å²) in [6.07, 6.45) is 4.66. The standard InChI is InChI=1S/C22H29N5O2/c1-13-10-22(11-23-12-22)8-7-17(13)24-14-3-4-15-18(9-14)27(2)26-20(15)16-5-6-19(28)25-21(16)29/h3-4,9,13,16-17,23-24H,5-8,10-12H2,1-2H3,(H,25,28,29)/t13-,16?,17-/m0/s1. The molecule has 29 heavy (non-hydrogen) atoms. The predicted molar refractivity (Wildman–Crippen MR) is 112 cm³/mol. The normalized spacial score (nSPS) is 29.0. The number of carbonyl (C=O) groups is 2. The number of rotatable bonds is 3. The van der Waals surface area contributed by atoms with Crippen LogP contribution in [0.4, 0.5) is 5.69 Å². The van der Waals surface area contributed by atoms with Gasteiger partial charge in [-0.3, -0.25) is 19.6 Å². The minimum absolute atomic E-state index is 0.195. The van der Waals surface area contributed by atoms with Crippen LogP contribution in [0.15, 0.2) is 18.2 Å². The Labute approximate surface area is 170 Å². The maximum atomic E-state index is 12.3. The molecule has 2 aromatic rings. The van der Waals surface area contributed by atoms with Gasteiger partial charge in [-0.05, 0) is 55.2 Å². The van der Waals surface area contributed by atoms with E-state index in [4.69, 9.17) is 0 Å². The maximum Gasteiger partial charge on any atom is 0.235 e. The molecule has 1 unspecified atom stereocenters. The third kappa shape index (κ3) is 3.21. The molecule has 3 atom stereocenters. The summed E-state index contributed by atoms with van der Waals surface area (Å²) in [6, 6.07) is 6.79. The second kappa shape index (κ2) is 6.83. The minimum atomic E-state index is -0.360. The number of carbonyl (C=O) groups excluding carboxylic acids is 2. The Kier molecular flexibility index (Phi) is 4.38. The highest BCUT2D eigenvalue weighted by Gasteiger charge is 2.43. The number of benzene rings is 1. The van der Waals surface area contributed by atoms with Crippen LogP contribution in [0.25, 0.3) is 10.9 Å². The number of nitrogens with one attached hydrogen (secondary N) is 3. The fraction of sp³-hybridized carbons (Fsp3) is 0.591. The lowest BCUT2D eigenvalue weighted by molar-refractivity contribution is -0.134. The number of hydrogen-bond acceptors (Lipinski definition) is 5. The summed E-state index contributed by atoms with van der Waals surface area (Å²) in [6.45, 7) is 4.71. The van der Waals surface area contributed by atoms with E-state index in [9.17, 15) is 9.59 Å². The third-order valence-electron chi connectivity index (χ3n) is 7.23. The fourth-order valence-electron chi connectivity index (χ4n) is 5.49. The molecule has 1 aromatic carbocycles. The first kappa shape index (κ1) is 18.6. The molecule has 154 valence electrons. The summed E-state index contributed by atoms with van der Waals surface area (Å²) in [5.74, 6) is -0.147. The largest absolute Gasteiger partial charge is 0.382 e. The van der Waals surface area contributed by atoms with Gasteiger partial charge in [-0.15, -0.1) is 0 Å². The van der Waals surface area contributed by atoms with E-state index < -0.39 is 0 Å². The Morgan fingerprint density at radius 2 is 2.07 bits per heavy atom. The molecule has 2 aliphatic heterocycles. The first-order valence-corrected chi connectivity index (χ1v) is 10.7. The van der Waals surface area contributed by atoms with E-state index in [1.54, 1.807) is 0 Å². The van der Waals surface area contributed by atoms with Gasteiger partial charge in [0.1, 0.15) is 0 Å². The van der Waals surface area contributed by atoms with Crippen molar-refractivity contribution in [3.05, 3.63) is 23.9 Å². The van der Waals surface area contributed by atoms with Crippen molar-refractivity contribution in [1.29, 1.82) is 0 Å². The highest BCUT2D eigenvalue weighted by molar-refractivity contribution is 6.02. The zero-order valence-corrected chi connectivity index (χ0v) is 17.1. The molecule has 3 heterocycles. The molecule has 5 rings (SSSR count). The Morgan fingerprint density at radius 1 is 1.24 bits per heavy atom.